The zero-order valence-electron chi connectivity index (χ0n) is 11.5. The topological polar surface area (TPSA) is 90.9 Å². The summed E-state index contributed by atoms with van der Waals surface area (Å²) < 4.78 is 25.9. The molecule has 1 saturated heterocycles. The molecule has 1 aromatic heterocycles. The van der Waals surface area contributed by atoms with Crippen molar-refractivity contribution in [3.8, 4) is 0 Å². The molecule has 0 amide bonds. The largest absolute Gasteiger partial charge is 0.326 e. The Morgan fingerprint density at radius 1 is 1.47 bits per heavy atom. The lowest BCUT2D eigenvalue weighted by Gasteiger charge is -2.27. The third-order valence-corrected chi connectivity index (χ3v) is 6.03. The van der Waals surface area contributed by atoms with Crippen LogP contribution in [0.3, 0.4) is 0 Å². The van der Waals surface area contributed by atoms with Crippen LogP contribution in [0.5, 0.6) is 0 Å². The Bertz CT molecular complexity index is 524. The highest BCUT2D eigenvalue weighted by molar-refractivity contribution is 7.92. The molecule has 2 atom stereocenters. The minimum Gasteiger partial charge on any atom is -0.326 e. The van der Waals surface area contributed by atoms with Crippen molar-refractivity contribution in [3.63, 3.8) is 0 Å². The third kappa shape index (κ3) is 3.14. The van der Waals surface area contributed by atoms with Gasteiger partial charge in [-0.15, -0.1) is 0 Å². The maximum Gasteiger partial charge on any atom is 0.154 e. The molecule has 2 N–H and O–H groups in total. The van der Waals surface area contributed by atoms with E-state index in [4.69, 9.17) is 5.73 Å². The summed E-state index contributed by atoms with van der Waals surface area (Å²) in [7, 11) is -3.04. The Kier molecular flexibility index (Phi) is 4.25. The number of rotatable bonds is 4. The van der Waals surface area contributed by atoms with Crippen molar-refractivity contribution in [1.29, 1.82) is 0 Å². The minimum absolute atomic E-state index is 0.202. The first-order valence-corrected chi connectivity index (χ1v) is 8.49. The highest BCUT2D eigenvalue weighted by Gasteiger charge is 2.34. The summed E-state index contributed by atoms with van der Waals surface area (Å²) in [5.41, 5.74) is 6.12. The molecular formula is C12H22N4O2S. The van der Waals surface area contributed by atoms with E-state index >= 15 is 0 Å². The molecule has 2 unspecified atom stereocenters. The van der Waals surface area contributed by atoms with Crippen LogP contribution in [0.1, 0.15) is 45.0 Å². The number of nitrogens with zero attached hydrogens (tertiary/aromatic N) is 3. The first kappa shape index (κ1) is 14.5. The summed E-state index contributed by atoms with van der Waals surface area (Å²) in [5.74, 6) is 1.03. The molecule has 1 aliphatic heterocycles. The lowest BCUT2D eigenvalue weighted by atomic mass is 10.0. The normalized spacial score (nSPS) is 24.5. The lowest BCUT2D eigenvalue weighted by molar-refractivity contribution is 0.462. The summed E-state index contributed by atoms with van der Waals surface area (Å²) in [4.78, 5) is 4.20. The van der Waals surface area contributed by atoms with Crippen LogP contribution >= 0.6 is 0 Å². The summed E-state index contributed by atoms with van der Waals surface area (Å²) in [6.07, 6.45) is 4.32. The second-order valence-corrected chi connectivity index (χ2v) is 7.82. The van der Waals surface area contributed by atoms with E-state index in [9.17, 15) is 8.42 Å². The Labute approximate surface area is 114 Å². The van der Waals surface area contributed by atoms with Gasteiger partial charge in [0.05, 0.1) is 11.0 Å². The standard InChI is InChI=1S/C12H22N4O2S/c1-9(2)16-12(14-8-15-16)7-10(13)11-5-3-4-6-19(11,17)18/h8-11H,3-7,13H2,1-2H3. The number of nitrogens with two attached hydrogens (primary N) is 1. The number of aromatic nitrogens is 3. The average Bonchev–Trinajstić information content (AvgIpc) is 2.76. The van der Waals surface area contributed by atoms with Crippen molar-refractivity contribution in [2.45, 2.75) is 56.9 Å². The van der Waals surface area contributed by atoms with Crippen molar-refractivity contribution in [2.24, 2.45) is 5.73 Å². The molecule has 1 aliphatic rings. The maximum absolute atomic E-state index is 12.0. The SMILES string of the molecule is CC(C)n1ncnc1CC(N)C1CCCCS1(=O)=O. The number of hydrogen-bond acceptors (Lipinski definition) is 5. The molecule has 0 bridgehead atoms. The van der Waals surface area contributed by atoms with Gasteiger partial charge in [-0.3, -0.25) is 0 Å². The molecule has 0 aromatic carbocycles. The van der Waals surface area contributed by atoms with Crippen LogP contribution in [0.2, 0.25) is 0 Å². The Morgan fingerprint density at radius 3 is 2.84 bits per heavy atom. The van der Waals surface area contributed by atoms with Crippen LogP contribution < -0.4 is 5.73 Å². The molecule has 0 aliphatic carbocycles. The smallest absolute Gasteiger partial charge is 0.154 e. The molecular weight excluding hydrogens is 264 g/mol. The van der Waals surface area contributed by atoms with Gasteiger partial charge in [-0.2, -0.15) is 5.10 Å². The van der Waals surface area contributed by atoms with Crippen LogP contribution in [0, 0.1) is 0 Å². The fourth-order valence-electron chi connectivity index (χ4n) is 2.65. The van der Waals surface area contributed by atoms with Crippen LogP contribution in [0.4, 0.5) is 0 Å². The predicted octanol–water partition coefficient (Wildman–Crippen LogP) is 0.696. The van der Waals surface area contributed by atoms with Crippen LogP contribution in [-0.4, -0.2) is 40.2 Å². The van der Waals surface area contributed by atoms with Crippen molar-refractivity contribution in [3.05, 3.63) is 12.2 Å². The van der Waals surface area contributed by atoms with Gasteiger partial charge < -0.3 is 5.73 Å². The molecule has 0 spiro atoms. The number of sulfone groups is 1. The van der Waals surface area contributed by atoms with Crippen LogP contribution in [0.15, 0.2) is 6.33 Å². The zero-order chi connectivity index (χ0) is 14.0. The van der Waals surface area contributed by atoms with E-state index in [1.807, 2.05) is 13.8 Å². The van der Waals surface area contributed by atoms with Crippen molar-refractivity contribution in [1.82, 2.24) is 14.8 Å². The molecule has 1 aromatic rings. The van der Waals surface area contributed by atoms with Gasteiger partial charge >= 0.3 is 0 Å². The van der Waals surface area contributed by atoms with E-state index in [1.54, 1.807) is 4.68 Å². The van der Waals surface area contributed by atoms with Crippen molar-refractivity contribution >= 4 is 9.84 Å². The van der Waals surface area contributed by atoms with Crippen molar-refractivity contribution in [2.75, 3.05) is 5.75 Å². The Morgan fingerprint density at radius 2 is 2.21 bits per heavy atom. The lowest BCUT2D eigenvalue weighted by Crippen LogP contribution is -2.45. The first-order valence-electron chi connectivity index (χ1n) is 6.77. The molecule has 108 valence electrons. The van der Waals surface area contributed by atoms with Gasteiger partial charge in [-0.25, -0.2) is 18.1 Å². The van der Waals surface area contributed by atoms with Crippen LogP contribution in [-0.2, 0) is 16.3 Å². The average molecular weight is 286 g/mol. The molecule has 2 rings (SSSR count). The fourth-order valence-corrected chi connectivity index (χ4v) is 4.72. The summed E-state index contributed by atoms with van der Waals surface area (Å²) in [6, 6.07) is -0.195. The second-order valence-electron chi connectivity index (χ2n) is 5.48. The zero-order valence-corrected chi connectivity index (χ0v) is 12.3. The molecule has 19 heavy (non-hydrogen) atoms. The molecule has 0 saturated carbocycles. The van der Waals surface area contributed by atoms with Crippen molar-refractivity contribution < 1.29 is 8.42 Å². The van der Waals surface area contributed by atoms with Gasteiger partial charge in [-0.1, -0.05) is 6.42 Å². The van der Waals surface area contributed by atoms with E-state index in [2.05, 4.69) is 10.1 Å². The van der Waals surface area contributed by atoms with Gasteiger partial charge in [0.25, 0.3) is 0 Å². The molecule has 0 radical (unpaired) electrons. The first-order chi connectivity index (χ1) is 8.92. The van der Waals surface area contributed by atoms with E-state index in [0.717, 1.165) is 18.7 Å². The maximum atomic E-state index is 12.0. The summed E-state index contributed by atoms with van der Waals surface area (Å²) in [5, 5.41) is 3.72. The van der Waals surface area contributed by atoms with E-state index in [1.165, 1.54) is 6.33 Å². The van der Waals surface area contributed by atoms with Gasteiger partial charge in [-0.05, 0) is 26.7 Å². The molecule has 1 fully saturated rings. The van der Waals surface area contributed by atoms with Gasteiger partial charge in [0, 0.05) is 18.5 Å². The minimum atomic E-state index is -3.04. The van der Waals surface area contributed by atoms with Gasteiger partial charge in [0.15, 0.2) is 9.84 Å². The number of hydrogen-bond donors (Lipinski definition) is 1. The predicted molar refractivity (Wildman–Crippen MR) is 73.5 cm³/mol. The summed E-state index contributed by atoms with van der Waals surface area (Å²) >= 11 is 0. The Hall–Kier alpha value is -0.950. The Balaban J connectivity index is 2.12. The quantitative estimate of drug-likeness (QED) is 0.879. The molecule has 7 heteroatoms. The van der Waals surface area contributed by atoms with Gasteiger partial charge in [0.2, 0.25) is 0 Å². The van der Waals surface area contributed by atoms with Crippen LogP contribution in [0.25, 0.3) is 0 Å². The van der Waals surface area contributed by atoms with E-state index < -0.39 is 21.1 Å². The highest BCUT2D eigenvalue weighted by Crippen LogP contribution is 2.23. The highest BCUT2D eigenvalue weighted by atomic mass is 32.2. The second kappa shape index (κ2) is 5.58. The third-order valence-electron chi connectivity index (χ3n) is 3.66. The molecule has 6 nitrogen and oxygen atoms in total. The van der Waals surface area contributed by atoms with E-state index in [0.29, 0.717) is 12.8 Å². The van der Waals surface area contributed by atoms with Gasteiger partial charge in [0.1, 0.15) is 12.2 Å². The monoisotopic (exact) mass is 286 g/mol. The fraction of sp³-hybridized carbons (Fsp3) is 0.833. The van der Waals surface area contributed by atoms with E-state index in [-0.39, 0.29) is 11.8 Å². The molecule has 2 heterocycles. The summed E-state index contributed by atoms with van der Waals surface area (Å²) in [6.45, 7) is 4.03.